The van der Waals surface area contributed by atoms with Crippen LogP contribution in [0.5, 0.6) is 11.5 Å². The Morgan fingerprint density at radius 2 is 1.09 bits per heavy atom. The molecule has 0 fully saturated rings. The van der Waals surface area contributed by atoms with Gasteiger partial charge in [-0.1, -0.05) is 48.5 Å². The molecule has 2 aliphatic heterocycles. The van der Waals surface area contributed by atoms with Crippen molar-refractivity contribution in [1.29, 1.82) is 0 Å². The number of anilines is 2. The first kappa shape index (κ1) is 21.3. The highest BCUT2D eigenvalue weighted by Gasteiger charge is 2.23. The molecule has 0 saturated heterocycles. The molecular weight excluding hydrogens is 434 g/mol. The maximum absolute atomic E-state index is 6.05. The molecule has 0 amide bonds. The number of hydrogen-bond donors (Lipinski definition) is 0. The van der Waals surface area contributed by atoms with Gasteiger partial charge in [-0.15, -0.1) is 0 Å². The third kappa shape index (κ3) is 4.21. The van der Waals surface area contributed by atoms with E-state index in [1.165, 1.54) is 0 Å². The van der Waals surface area contributed by atoms with E-state index < -0.39 is 0 Å². The van der Waals surface area contributed by atoms with Crippen LogP contribution in [-0.2, 0) is 13.1 Å². The van der Waals surface area contributed by atoms with Gasteiger partial charge in [-0.05, 0) is 66.4 Å². The van der Waals surface area contributed by atoms with Gasteiger partial charge in [0, 0.05) is 35.6 Å². The van der Waals surface area contributed by atoms with Gasteiger partial charge in [0.15, 0.2) is 13.5 Å². The molecule has 0 bridgehead atoms. The van der Waals surface area contributed by atoms with Gasteiger partial charge >= 0.3 is 0 Å². The number of para-hydroxylation sites is 2. The molecule has 0 unspecified atom stereocenters. The first-order valence-corrected chi connectivity index (χ1v) is 11.9. The van der Waals surface area contributed by atoms with Crippen LogP contribution in [0.3, 0.4) is 0 Å². The van der Waals surface area contributed by atoms with Gasteiger partial charge in [0.2, 0.25) is 0 Å². The highest BCUT2D eigenvalue weighted by molar-refractivity contribution is 5.53. The minimum atomic E-state index is -0.162. The number of rotatable bonds is 5. The molecule has 0 atom stereocenters. The van der Waals surface area contributed by atoms with Gasteiger partial charge in [-0.2, -0.15) is 0 Å². The standard InChI is InChI=1S/C30H27N3O2/c1-31-30(22-12-14-28-24(16-22)18-32(20-34-28)26-8-4-2-5-9-26)23-13-15-29-25(17-23)19-33(21-35-29)27-10-6-3-7-11-27/h2-17,30H,1,18-21H2. The SMILES string of the molecule is C=NC(c1ccc2c(c1)CN(c1ccccc1)CO2)c1ccc2c(c1)CN(c1ccccc1)CO2. The van der Waals surface area contributed by atoms with Gasteiger partial charge in [0.1, 0.15) is 11.5 Å². The van der Waals surface area contributed by atoms with E-state index in [0.717, 1.165) is 58.2 Å². The summed E-state index contributed by atoms with van der Waals surface area (Å²) in [4.78, 5) is 8.99. The average molecular weight is 462 g/mol. The van der Waals surface area contributed by atoms with Crippen molar-refractivity contribution < 1.29 is 9.47 Å². The van der Waals surface area contributed by atoms with E-state index in [1.54, 1.807) is 0 Å². The molecule has 2 aliphatic rings. The summed E-state index contributed by atoms with van der Waals surface area (Å²) in [5, 5.41) is 0. The first-order chi connectivity index (χ1) is 17.3. The van der Waals surface area contributed by atoms with E-state index in [9.17, 15) is 0 Å². The van der Waals surface area contributed by atoms with Crippen molar-refractivity contribution in [3.8, 4) is 11.5 Å². The van der Waals surface area contributed by atoms with Crippen LogP contribution in [0.1, 0.15) is 28.3 Å². The van der Waals surface area contributed by atoms with Crippen molar-refractivity contribution in [1.82, 2.24) is 0 Å². The lowest BCUT2D eigenvalue weighted by Crippen LogP contribution is -2.32. The van der Waals surface area contributed by atoms with Crippen LogP contribution in [-0.4, -0.2) is 20.2 Å². The summed E-state index contributed by atoms with van der Waals surface area (Å²) in [5.74, 6) is 1.86. The average Bonchev–Trinajstić information content (AvgIpc) is 2.93. The smallest absolute Gasteiger partial charge is 0.161 e. The molecule has 4 aromatic rings. The highest BCUT2D eigenvalue weighted by Crippen LogP contribution is 2.36. The summed E-state index contributed by atoms with van der Waals surface area (Å²) in [7, 11) is 0. The fourth-order valence-electron chi connectivity index (χ4n) is 4.88. The molecule has 6 rings (SSSR count). The Kier molecular flexibility index (Phi) is 5.59. The van der Waals surface area contributed by atoms with Crippen molar-refractivity contribution in [2.75, 3.05) is 23.3 Å². The summed E-state index contributed by atoms with van der Waals surface area (Å²) in [5.41, 5.74) is 6.83. The maximum atomic E-state index is 6.05. The van der Waals surface area contributed by atoms with Crippen molar-refractivity contribution in [2.24, 2.45) is 4.99 Å². The van der Waals surface area contributed by atoms with Crippen LogP contribution in [0.25, 0.3) is 0 Å². The second-order valence-electron chi connectivity index (χ2n) is 8.93. The Hall–Kier alpha value is -4.25. The van der Waals surface area contributed by atoms with Crippen LogP contribution in [0, 0.1) is 0 Å². The molecule has 35 heavy (non-hydrogen) atoms. The molecule has 5 heteroatoms. The molecule has 0 radical (unpaired) electrons. The van der Waals surface area contributed by atoms with E-state index in [1.807, 2.05) is 12.1 Å². The number of benzene rings is 4. The molecule has 0 spiro atoms. The van der Waals surface area contributed by atoms with Crippen LogP contribution in [0.15, 0.2) is 102 Å². The number of ether oxygens (including phenoxy) is 2. The van der Waals surface area contributed by atoms with Crippen molar-refractivity contribution >= 4 is 18.1 Å². The van der Waals surface area contributed by atoms with Gasteiger partial charge in [-0.25, -0.2) is 0 Å². The van der Waals surface area contributed by atoms with Gasteiger partial charge in [0.25, 0.3) is 0 Å². The molecule has 0 aliphatic carbocycles. The second kappa shape index (κ2) is 9.18. The summed E-state index contributed by atoms with van der Waals surface area (Å²) in [6, 6.07) is 33.3. The minimum absolute atomic E-state index is 0.162. The minimum Gasteiger partial charge on any atom is -0.473 e. The van der Waals surface area contributed by atoms with E-state index in [0.29, 0.717) is 13.5 Å². The lowest BCUT2D eigenvalue weighted by Gasteiger charge is -2.32. The number of aliphatic imine (C=N–C) groups is 1. The monoisotopic (exact) mass is 461 g/mol. The van der Waals surface area contributed by atoms with E-state index in [4.69, 9.17) is 9.47 Å². The summed E-state index contributed by atoms with van der Waals surface area (Å²) >= 11 is 0. The van der Waals surface area contributed by atoms with Crippen LogP contribution in [0.2, 0.25) is 0 Å². The fraction of sp³-hybridized carbons (Fsp3) is 0.167. The molecule has 0 saturated carbocycles. The van der Waals surface area contributed by atoms with Crippen LogP contribution >= 0.6 is 0 Å². The summed E-state index contributed by atoms with van der Waals surface area (Å²) < 4.78 is 12.1. The Morgan fingerprint density at radius 3 is 1.51 bits per heavy atom. The number of nitrogens with zero attached hydrogens (tertiary/aromatic N) is 3. The van der Waals surface area contributed by atoms with E-state index in [2.05, 4.69) is 106 Å². The predicted molar refractivity (Wildman–Crippen MR) is 141 cm³/mol. The molecular formula is C30H27N3O2. The van der Waals surface area contributed by atoms with Gasteiger partial charge in [-0.3, -0.25) is 4.99 Å². The van der Waals surface area contributed by atoms with E-state index in [-0.39, 0.29) is 6.04 Å². The Balaban J connectivity index is 1.27. The summed E-state index contributed by atoms with van der Waals surface area (Å²) in [6.07, 6.45) is 0. The third-order valence-corrected chi connectivity index (χ3v) is 6.70. The lowest BCUT2D eigenvalue weighted by atomic mass is 9.95. The molecule has 174 valence electrons. The molecule has 4 aromatic carbocycles. The van der Waals surface area contributed by atoms with Crippen LogP contribution in [0.4, 0.5) is 11.4 Å². The Bertz CT molecular complexity index is 1240. The lowest BCUT2D eigenvalue weighted by molar-refractivity contribution is 0.289. The zero-order valence-electron chi connectivity index (χ0n) is 19.5. The third-order valence-electron chi connectivity index (χ3n) is 6.70. The van der Waals surface area contributed by atoms with Crippen molar-refractivity contribution in [2.45, 2.75) is 19.1 Å². The second-order valence-corrected chi connectivity index (χ2v) is 8.93. The predicted octanol–water partition coefficient (Wildman–Crippen LogP) is 6.19. The van der Waals surface area contributed by atoms with Crippen LogP contribution < -0.4 is 19.3 Å². The van der Waals surface area contributed by atoms with E-state index >= 15 is 0 Å². The Labute approximate surface area is 205 Å². The normalized spacial score (nSPS) is 14.5. The number of fused-ring (bicyclic) bond motifs is 2. The Morgan fingerprint density at radius 1 is 0.629 bits per heavy atom. The largest absolute Gasteiger partial charge is 0.473 e. The highest BCUT2D eigenvalue weighted by atomic mass is 16.5. The molecule has 5 nitrogen and oxygen atoms in total. The van der Waals surface area contributed by atoms with Gasteiger partial charge in [0.05, 0.1) is 6.04 Å². The van der Waals surface area contributed by atoms with Crippen molar-refractivity contribution in [3.05, 3.63) is 119 Å². The first-order valence-electron chi connectivity index (χ1n) is 11.9. The summed E-state index contributed by atoms with van der Waals surface area (Å²) in [6.45, 7) is 6.60. The van der Waals surface area contributed by atoms with Crippen molar-refractivity contribution in [3.63, 3.8) is 0 Å². The van der Waals surface area contributed by atoms with Gasteiger partial charge < -0.3 is 19.3 Å². The molecule has 2 heterocycles. The maximum Gasteiger partial charge on any atom is 0.161 e. The fourth-order valence-corrected chi connectivity index (χ4v) is 4.88. The zero-order chi connectivity index (χ0) is 23.6. The quantitative estimate of drug-likeness (QED) is 0.332. The topological polar surface area (TPSA) is 37.3 Å². The molecule has 0 aromatic heterocycles. The zero-order valence-corrected chi connectivity index (χ0v) is 19.5. The number of hydrogen-bond acceptors (Lipinski definition) is 5. The molecule has 0 N–H and O–H groups in total.